The highest BCUT2D eigenvalue weighted by Crippen LogP contribution is 2.35. The highest BCUT2D eigenvalue weighted by atomic mass is 15.3. The minimum absolute atomic E-state index is 0.844. The fourth-order valence-electron chi connectivity index (χ4n) is 3.58. The van der Waals surface area contributed by atoms with Gasteiger partial charge in [0, 0.05) is 18.1 Å². The molecule has 3 fully saturated rings. The summed E-state index contributed by atoms with van der Waals surface area (Å²) >= 11 is 0. The van der Waals surface area contributed by atoms with Crippen LogP contribution in [0.15, 0.2) is 0 Å². The van der Waals surface area contributed by atoms with Crippen LogP contribution in [0.1, 0.15) is 38.5 Å². The van der Waals surface area contributed by atoms with Gasteiger partial charge in [-0.25, -0.2) is 0 Å². The quantitative estimate of drug-likeness (QED) is 0.605. The number of hydrogen-bond acceptors (Lipinski definition) is 2. The molecule has 2 nitrogen and oxygen atoms in total. The molecule has 0 aromatic rings. The third-order valence-corrected chi connectivity index (χ3v) is 4.17. The van der Waals surface area contributed by atoms with E-state index in [0.717, 1.165) is 18.1 Å². The number of nitrogens with zero attached hydrogens (tertiary/aromatic N) is 1. The molecule has 0 bridgehead atoms. The zero-order chi connectivity index (χ0) is 8.67. The fourth-order valence-corrected chi connectivity index (χ4v) is 3.58. The normalized spacial score (nSPS) is 45.7. The van der Waals surface area contributed by atoms with Crippen molar-refractivity contribution in [3.63, 3.8) is 0 Å². The molecule has 3 aliphatic heterocycles. The zero-order valence-electron chi connectivity index (χ0n) is 8.34. The summed E-state index contributed by atoms with van der Waals surface area (Å²) in [4.78, 5) is 2.81. The fraction of sp³-hybridized carbons (Fsp3) is 1.00. The summed E-state index contributed by atoms with van der Waals surface area (Å²) in [6.45, 7) is 2.65. The molecular weight excluding hydrogens is 160 g/mol. The lowest BCUT2D eigenvalue weighted by atomic mass is 9.99. The number of rotatable bonds is 0. The molecular formula is C11H20N2. The molecule has 3 unspecified atom stereocenters. The predicted octanol–water partition coefficient (Wildman–Crippen LogP) is 1.37. The third kappa shape index (κ3) is 1.31. The molecule has 0 aliphatic carbocycles. The second kappa shape index (κ2) is 3.25. The highest BCUT2D eigenvalue weighted by Gasteiger charge is 2.42. The standard InChI is InChI=1S/C11H20N2/c1-2-7-13-9(4-1)8-10-11(13)5-3-6-12-10/h9-12H,1-8H2. The summed E-state index contributed by atoms with van der Waals surface area (Å²) in [5.74, 6) is 0. The van der Waals surface area contributed by atoms with Gasteiger partial charge in [-0.1, -0.05) is 6.42 Å². The SMILES string of the molecule is C1CCN2C(C1)CC1NCCCC12. The monoisotopic (exact) mass is 180 g/mol. The van der Waals surface area contributed by atoms with Crippen molar-refractivity contribution in [2.45, 2.75) is 56.7 Å². The van der Waals surface area contributed by atoms with E-state index < -0.39 is 0 Å². The van der Waals surface area contributed by atoms with Crippen LogP contribution in [0.25, 0.3) is 0 Å². The Labute approximate surface area is 80.7 Å². The first-order valence-electron chi connectivity index (χ1n) is 5.94. The van der Waals surface area contributed by atoms with Crippen molar-refractivity contribution >= 4 is 0 Å². The van der Waals surface area contributed by atoms with Crippen LogP contribution in [0.2, 0.25) is 0 Å². The Morgan fingerprint density at radius 2 is 2.08 bits per heavy atom. The molecule has 3 aliphatic rings. The molecule has 0 aromatic carbocycles. The maximum Gasteiger partial charge on any atom is 0.0253 e. The van der Waals surface area contributed by atoms with Crippen LogP contribution in [0, 0.1) is 0 Å². The maximum absolute atomic E-state index is 3.70. The van der Waals surface area contributed by atoms with Crippen LogP contribution in [-0.4, -0.2) is 36.1 Å². The van der Waals surface area contributed by atoms with Gasteiger partial charge in [0.2, 0.25) is 0 Å². The van der Waals surface area contributed by atoms with Gasteiger partial charge in [0.05, 0.1) is 0 Å². The Bertz CT molecular complexity index is 173. The Hall–Kier alpha value is -0.0800. The molecule has 0 radical (unpaired) electrons. The van der Waals surface area contributed by atoms with E-state index >= 15 is 0 Å². The molecule has 13 heavy (non-hydrogen) atoms. The molecule has 2 heteroatoms. The molecule has 74 valence electrons. The van der Waals surface area contributed by atoms with Gasteiger partial charge >= 0.3 is 0 Å². The summed E-state index contributed by atoms with van der Waals surface area (Å²) < 4.78 is 0. The largest absolute Gasteiger partial charge is 0.312 e. The molecule has 0 aromatic heterocycles. The van der Waals surface area contributed by atoms with E-state index in [4.69, 9.17) is 0 Å². The van der Waals surface area contributed by atoms with Gasteiger partial charge in [0.25, 0.3) is 0 Å². The van der Waals surface area contributed by atoms with Gasteiger partial charge in [0.1, 0.15) is 0 Å². The van der Waals surface area contributed by atoms with Crippen molar-refractivity contribution in [1.29, 1.82) is 0 Å². The number of nitrogens with one attached hydrogen (secondary N) is 1. The Kier molecular flexibility index (Phi) is 2.06. The van der Waals surface area contributed by atoms with Crippen LogP contribution < -0.4 is 5.32 Å². The van der Waals surface area contributed by atoms with Crippen molar-refractivity contribution in [2.75, 3.05) is 13.1 Å². The summed E-state index contributed by atoms with van der Waals surface area (Å²) in [6, 6.07) is 2.69. The molecule has 1 N–H and O–H groups in total. The van der Waals surface area contributed by atoms with Crippen molar-refractivity contribution in [3.8, 4) is 0 Å². The summed E-state index contributed by atoms with van der Waals surface area (Å²) in [5, 5.41) is 3.70. The van der Waals surface area contributed by atoms with Crippen LogP contribution in [-0.2, 0) is 0 Å². The van der Waals surface area contributed by atoms with Crippen LogP contribution in [0.5, 0.6) is 0 Å². The van der Waals surface area contributed by atoms with Gasteiger partial charge < -0.3 is 5.32 Å². The van der Waals surface area contributed by atoms with Gasteiger partial charge in [0.15, 0.2) is 0 Å². The Balaban J connectivity index is 1.76. The lowest BCUT2D eigenvalue weighted by molar-refractivity contribution is 0.129. The first-order valence-corrected chi connectivity index (χ1v) is 5.94. The third-order valence-electron chi connectivity index (χ3n) is 4.17. The lowest BCUT2D eigenvalue weighted by Gasteiger charge is -2.36. The maximum atomic E-state index is 3.70. The number of fused-ring (bicyclic) bond motifs is 3. The second-order valence-corrected chi connectivity index (χ2v) is 4.89. The lowest BCUT2D eigenvalue weighted by Crippen LogP contribution is -2.48. The van der Waals surface area contributed by atoms with E-state index in [1.807, 2.05) is 0 Å². The molecule has 3 heterocycles. The smallest absolute Gasteiger partial charge is 0.0253 e. The number of hydrogen-bond donors (Lipinski definition) is 1. The van der Waals surface area contributed by atoms with Gasteiger partial charge in [-0.05, 0) is 45.2 Å². The Morgan fingerprint density at radius 1 is 1.08 bits per heavy atom. The van der Waals surface area contributed by atoms with E-state index in [2.05, 4.69) is 10.2 Å². The average Bonchev–Trinajstić information content (AvgIpc) is 2.56. The highest BCUT2D eigenvalue weighted by molar-refractivity contribution is 5.00. The van der Waals surface area contributed by atoms with Crippen molar-refractivity contribution in [3.05, 3.63) is 0 Å². The van der Waals surface area contributed by atoms with Crippen LogP contribution >= 0.6 is 0 Å². The first kappa shape index (κ1) is 8.25. The van der Waals surface area contributed by atoms with E-state index in [1.54, 1.807) is 0 Å². The van der Waals surface area contributed by atoms with Crippen molar-refractivity contribution in [2.24, 2.45) is 0 Å². The Morgan fingerprint density at radius 3 is 3.08 bits per heavy atom. The van der Waals surface area contributed by atoms with Crippen LogP contribution in [0.3, 0.4) is 0 Å². The molecule has 3 atom stereocenters. The summed E-state index contributed by atoms with van der Waals surface area (Å²) in [7, 11) is 0. The molecule has 3 saturated heterocycles. The average molecular weight is 180 g/mol. The van der Waals surface area contributed by atoms with Crippen LogP contribution in [0.4, 0.5) is 0 Å². The van der Waals surface area contributed by atoms with Crippen molar-refractivity contribution < 1.29 is 0 Å². The summed E-state index contributed by atoms with van der Waals surface area (Å²) in [5.41, 5.74) is 0. The van der Waals surface area contributed by atoms with E-state index in [-0.39, 0.29) is 0 Å². The van der Waals surface area contributed by atoms with E-state index in [0.29, 0.717) is 0 Å². The van der Waals surface area contributed by atoms with E-state index in [1.165, 1.54) is 51.6 Å². The molecule has 0 spiro atoms. The first-order chi connectivity index (χ1) is 6.45. The predicted molar refractivity (Wildman–Crippen MR) is 53.8 cm³/mol. The second-order valence-electron chi connectivity index (χ2n) is 4.89. The molecule has 3 rings (SSSR count). The van der Waals surface area contributed by atoms with Gasteiger partial charge in [-0.15, -0.1) is 0 Å². The minimum Gasteiger partial charge on any atom is -0.312 e. The zero-order valence-corrected chi connectivity index (χ0v) is 8.34. The summed E-state index contributed by atoms with van der Waals surface area (Å²) in [6.07, 6.45) is 8.66. The topological polar surface area (TPSA) is 15.3 Å². The van der Waals surface area contributed by atoms with E-state index in [9.17, 15) is 0 Å². The van der Waals surface area contributed by atoms with Gasteiger partial charge in [-0.3, -0.25) is 4.90 Å². The minimum atomic E-state index is 0.844. The molecule has 0 amide bonds. The molecule has 0 saturated carbocycles. The van der Waals surface area contributed by atoms with Gasteiger partial charge in [-0.2, -0.15) is 0 Å². The van der Waals surface area contributed by atoms with Crippen molar-refractivity contribution in [1.82, 2.24) is 10.2 Å². The number of piperidine rings is 2.